The van der Waals surface area contributed by atoms with Crippen LogP contribution in [0.1, 0.15) is 35.6 Å². The standard InChI is InChI=1S/C28H29ClF4N2O4S/c1-19(36)34-16-23-25(30)14-22(15-26(23)40(2,37)38)39-13-7-12-35(17-20-8-4-3-5-9-20)18-21-10-6-11-24(27(21)29)28(31,32)33/h3-6,8-11,14-15H,7,12-13,16-18H2,1-2H3,(H,34,36). The van der Waals surface area contributed by atoms with Gasteiger partial charge in [0.05, 0.1) is 22.1 Å². The molecule has 0 spiro atoms. The van der Waals surface area contributed by atoms with Gasteiger partial charge in [-0.2, -0.15) is 13.2 Å². The molecule has 1 amide bonds. The minimum atomic E-state index is -4.58. The lowest BCUT2D eigenvalue weighted by Crippen LogP contribution is -2.26. The van der Waals surface area contributed by atoms with E-state index in [0.29, 0.717) is 25.1 Å². The summed E-state index contributed by atoms with van der Waals surface area (Å²) in [4.78, 5) is 12.9. The third-order valence-electron chi connectivity index (χ3n) is 5.96. The molecule has 0 saturated carbocycles. The van der Waals surface area contributed by atoms with E-state index >= 15 is 0 Å². The molecule has 0 atom stereocenters. The summed E-state index contributed by atoms with van der Waals surface area (Å²) in [5.74, 6) is -1.28. The van der Waals surface area contributed by atoms with Crippen LogP contribution >= 0.6 is 11.6 Å². The van der Waals surface area contributed by atoms with Crippen molar-refractivity contribution in [1.29, 1.82) is 0 Å². The second-order valence-corrected chi connectivity index (χ2v) is 11.6. The Morgan fingerprint density at radius 3 is 2.38 bits per heavy atom. The summed E-state index contributed by atoms with van der Waals surface area (Å²) < 4.78 is 85.0. The van der Waals surface area contributed by atoms with E-state index in [1.54, 1.807) is 6.07 Å². The van der Waals surface area contributed by atoms with E-state index in [4.69, 9.17) is 16.3 Å². The minimum Gasteiger partial charge on any atom is -0.493 e. The summed E-state index contributed by atoms with van der Waals surface area (Å²) in [5, 5.41) is 2.04. The summed E-state index contributed by atoms with van der Waals surface area (Å²) in [6, 6.07) is 15.4. The van der Waals surface area contributed by atoms with Crippen molar-refractivity contribution < 1.29 is 35.5 Å². The van der Waals surface area contributed by atoms with Gasteiger partial charge in [-0.3, -0.25) is 9.69 Å². The number of benzene rings is 3. The Kier molecular flexibility index (Phi) is 10.6. The van der Waals surface area contributed by atoms with Crippen molar-refractivity contribution in [1.82, 2.24) is 10.2 Å². The van der Waals surface area contributed by atoms with Crippen LogP contribution in [0.5, 0.6) is 5.75 Å². The van der Waals surface area contributed by atoms with Gasteiger partial charge in [0.15, 0.2) is 9.84 Å². The van der Waals surface area contributed by atoms with Gasteiger partial charge in [-0.05, 0) is 29.7 Å². The molecule has 40 heavy (non-hydrogen) atoms. The first-order valence-corrected chi connectivity index (χ1v) is 14.5. The lowest BCUT2D eigenvalue weighted by molar-refractivity contribution is -0.137. The Morgan fingerprint density at radius 2 is 1.75 bits per heavy atom. The van der Waals surface area contributed by atoms with Gasteiger partial charge in [-0.15, -0.1) is 0 Å². The largest absolute Gasteiger partial charge is 0.493 e. The van der Waals surface area contributed by atoms with Crippen molar-refractivity contribution >= 4 is 27.3 Å². The average molecular weight is 601 g/mol. The summed E-state index contributed by atoms with van der Waals surface area (Å²) in [5.41, 5.74) is 0.196. The minimum absolute atomic E-state index is 0.0000298. The number of alkyl halides is 3. The van der Waals surface area contributed by atoms with Crippen molar-refractivity contribution in [3.8, 4) is 5.75 Å². The Morgan fingerprint density at radius 1 is 1.05 bits per heavy atom. The van der Waals surface area contributed by atoms with Crippen LogP contribution in [0.15, 0.2) is 65.6 Å². The van der Waals surface area contributed by atoms with E-state index in [0.717, 1.165) is 24.0 Å². The lowest BCUT2D eigenvalue weighted by atomic mass is 10.1. The molecule has 0 radical (unpaired) electrons. The van der Waals surface area contributed by atoms with Crippen molar-refractivity contribution in [2.75, 3.05) is 19.4 Å². The molecule has 0 bridgehead atoms. The fraction of sp³-hybridized carbons (Fsp3) is 0.321. The maximum absolute atomic E-state index is 14.8. The highest BCUT2D eigenvalue weighted by atomic mass is 35.5. The molecule has 0 heterocycles. The highest BCUT2D eigenvalue weighted by Gasteiger charge is 2.34. The van der Waals surface area contributed by atoms with Gasteiger partial charge in [0.1, 0.15) is 11.6 Å². The van der Waals surface area contributed by atoms with Crippen LogP contribution in [0.2, 0.25) is 5.02 Å². The van der Waals surface area contributed by atoms with Gasteiger partial charge in [0, 0.05) is 51.0 Å². The topological polar surface area (TPSA) is 75.7 Å². The number of ether oxygens (including phenoxy) is 1. The predicted molar refractivity (Wildman–Crippen MR) is 144 cm³/mol. The number of amides is 1. The van der Waals surface area contributed by atoms with Crippen LogP contribution in [0.3, 0.4) is 0 Å². The van der Waals surface area contributed by atoms with Crippen molar-refractivity contribution in [3.63, 3.8) is 0 Å². The van der Waals surface area contributed by atoms with Gasteiger partial charge in [0.25, 0.3) is 0 Å². The summed E-state index contributed by atoms with van der Waals surface area (Å²) in [6.07, 6.45) is -3.25. The molecule has 3 aromatic carbocycles. The van der Waals surface area contributed by atoms with E-state index in [1.165, 1.54) is 19.1 Å². The molecule has 0 fully saturated rings. The number of rotatable bonds is 12. The van der Waals surface area contributed by atoms with Crippen LogP contribution in [0, 0.1) is 5.82 Å². The van der Waals surface area contributed by atoms with Gasteiger partial charge < -0.3 is 10.1 Å². The maximum Gasteiger partial charge on any atom is 0.417 e. The molecule has 3 rings (SSSR count). The lowest BCUT2D eigenvalue weighted by Gasteiger charge is -2.24. The van der Waals surface area contributed by atoms with Crippen LogP contribution in [0.4, 0.5) is 17.6 Å². The van der Waals surface area contributed by atoms with Crippen molar-refractivity contribution in [2.45, 2.75) is 44.1 Å². The first kappa shape index (κ1) is 31.4. The number of carbonyl (C=O) groups excluding carboxylic acids is 1. The third-order valence-corrected chi connectivity index (χ3v) is 7.57. The number of sulfone groups is 1. The molecule has 0 aliphatic carbocycles. The second kappa shape index (κ2) is 13.5. The fourth-order valence-electron chi connectivity index (χ4n) is 4.08. The molecule has 216 valence electrons. The summed E-state index contributed by atoms with van der Waals surface area (Å²) in [7, 11) is -3.83. The predicted octanol–water partition coefficient (Wildman–Crippen LogP) is 6.01. The molecule has 3 aromatic rings. The molecule has 12 heteroatoms. The van der Waals surface area contributed by atoms with Crippen LogP contribution in [0.25, 0.3) is 0 Å². The van der Waals surface area contributed by atoms with Crippen LogP contribution < -0.4 is 10.1 Å². The Hall–Kier alpha value is -3.15. The summed E-state index contributed by atoms with van der Waals surface area (Å²) >= 11 is 6.12. The van der Waals surface area contributed by atoms with Gasteiger partial charge >= 0.3 is 6.18 Å². The molecule has 0 unspecified atom stereocenters. The highest BCUT2D eigenvalue weighted by molar-refractivity contribution is 7.90. The zero-order valence-corrected chi connectivity index (χ0v) is 23.5. The molecular weight excluding hydrogens is 572 g/mol. The number of nitrogens with one attached hydrogen (secondary N) is 1. The van der Waals surface area contributed by atoms with Crippen molar-refractivity contribution in [3.05, 3.63) is 93.8 Å². The van der Waals surface area contributed by atoms with Gasteiger partial charge in [-0.25, -0.2) is 12.8 Å². The van der Waals surface area contributed by atoms with E-state index in [1.807, 2.05) is 35.2 Å². The average Bonchev–Trinajstić information content (AvgIpc) is 2.86. The normalized spacial score (nSPS) is 12.0. The SMILES string of the molecule is CC(=O)NCc1c(F)cc(OCCCN(Cc2ccccc2)Cc2cccc(C(F)(F)F)c2Cl)cc1S(C)(=O)=O. The fourth-order valence-corrected chi connectivity index (χ4v) is 5.32. The highest BCUT2D eigenvalue weighted by Crippen LogP contribution is 2.36. The Labute approximate surface area is 235 Å². The number of hydrogen-bond acceptors (Lipinski definition) is 5. The van der Waals surface area contributed by atoms with E-state index in [-0.39, 0.29) is 40.9 Å². The monoisotopic (exact) mass is 600 g/mol. The third kappa shape index (κ3) is 8.94. The van der Waals surface area contributed by atoms with Crippen LogP contribution in [-0.4, -0.2) is 38.6 Å². The molecular formula is C28H29ClF4N2O4S. The Bertz CT molecular complexity index is 1430. The quantitative estimate of drug-likeness (QED) is 0.204. The zero-order chi connectivity index (χ0) is 29.5. The Balaban J connectivity index is 1.74. The van der Waals surface area contributed by atoms with Crippen molar-refractivity contribution in [2.24, 2.45) is 0 Å². The van der Waals surface area contributed by atoms with Crippen LogP contribution in [-0.2, 0) is 40.4 Å². The maximum atomic E-state index is 14.8. The number of hydrogen-bond donors (Lipinski definition) is 1. The molecule has 0 aliphatic heterocycles. The molecule has 1 N–H and O–H groups in total. The van der Waals surface area contributed by atoms with Gasteiger partial charge in [0.2, 0.25) is 5.91 Å². The van der Waals surface area contributed by atoms with Gasteiger partial charge in [-0.1, -0.05) is 54.1 Å². The zero-order valence-electron chi connectivity index (χ0n) is 21.9. The molecule has 0 aliphatic rings. The molecule has 0 aromatic heterocycles. The van der Waals surface area contributed by atoms with E-state index in [9.17, 15) is 30.8 Å². The smallest absolute Gasteiger partial charge is 0.417 e. The van der Waals surface area contributed by atoms with E-state index < -0.39 is 33.3 Å². The first-order valence-electron chi connectivity index (χ1n) is 12.3. The number of carbonyl (C=O) groups is 1. The summed E-state index contributed by atoms with van der Waals surface area (Å²) in [6.45, 7) is 1.98. The number of nitrogens with zero attached hydrogens (tertiary/aromatic N) is 1. The molecule has 6 nitrogen and oxygen atoms in total. The number of halogens is 5. The van der Waals surface area contributed by atoms with E-state index in [2.05, 4.69) is 5.32 Å². The first-order chi connectivity index (χ1) is 18.8. The molecule has 0 saturated heterocycles. The second-order valence-electron chi connectivity index (χ2n) is 9.24.